The highest BCUT2D eigenvalue weighted by Crippen LogP contribution is 2.41. The minimum absolute atomic E-state index is 0.0570. The van der Waals surface area contributed by atoms with Gasteiger partial charge in [0.25, 0.3) is 0 Å². The molecule has 0 spiro atoms. The van der Waals surface area contributed by atoms with Gasteiger partial charge in [0.2, 0.25) is 0 Å². The van der Waals surface area contributed by atoms with Gasteiger partial charge in [0.1, 0.15) is 0 Å². The molecule has 3 aliphatic rings. The predicted molar refractivity (Wildman–Crippen MR) is 56.6 cm³/mol. The van der Waals surface area contributed by atoms with Crippen LogP contribution in [-0.4, -0.2) is 28.2 Å². The maximum Gasteiger partial charge on any atom is 0.408 e. The SMILES string of the molecule is O=C(O)N1C2CC=CC=C2C=C2CCC21. The van der Waals surface area contributed by atoms with E-state index in [1.54, 1.807) is 4.90 Å². The summed E-state index contributed by atoms with van der Waals surface area (Å²) in [4.78, 5) is 12.9. The van der Waals surface area contributed by atoms with Crippen LogP contribution in [0.25, 0.3) is 0 Å². The van der Waals surface area contributed by atoms with Gasteiger partial charge in [-0.15, -0.1) is 0 Å². The molecule has 1 N–H and O–H groups in total. The van der Waals surface area contributed by atoms with Crippen LogP contribution in [0, 0.1) is 0 Å². The monoisotopic (exact) mass is 203 g/mol. The van der Waals surface area contributed by atoms with Crippen LogP contribution >= 0.6 is 0 Å². The number of rotatable bonds is 0. The highest BCUT2D eigenvalue weighted by Gasteiger charge is 2.41. The average Bonchev–Trinajstić information content (AvgIpc) is 2.20. The first kappa shape index (κ1) is 8.77. The van der Waals surface area contributed by atoms with E-state index in [1.807, 2.05) is 18.2 Å². The van der Waals surface area contributed by atoms with Crippen molar-refractivity contribution in [2.75, 3.05) is 0 Å². The molecule has 2 aliphatic carbocycles. The lowest BCUT2D eigenvalue weighted by Crippen LogP contribution is -2.54. The molecule has 1 saturated carbocycles. The normalized spacial score (nSPS) is 32.1. The summed E-state index contributed by atoms with van der Waals surface area (Å²) >= 11 is 0. The highest BCUT2D eigenvalue weighted by atomic mass is 16.4. The zero-order valence-corrected chi connectivity index (χ0v) is 8.39. The van der Waals surface area contributed by atoms with Crippen LogP contribution in [0.1, 0.15) is 19.3 Å². The molecule has 78 valence electrons. The van der Waals surface area contributed by atoms with Crippen LogP contribution in [0.5, 0.6) is 0 Å². The molecule has 2 unspecified atom stereocenters. The molecule has 0 saturated heterocycles. The molecule has 1 amide bonds. The van der Waals surface area contributed by atoms with Crippen LogP contribution in [0.2, 0.25) is 0 Å². The third-order valence-electron chi connectivity index (χ3n) is 3.55. The first-order valence-corrected chi connectivity index (χ1v) is 5.36. The van der Waals surface area contributed by atoms with Gasteiger partial charge in [-0.25, -0.2) is 4.79 Å². The lowest BCUT2D eigenvalue weighted by atomic mass is 9.77. The first-order valence-electron chi connectivity index (χ1n) is 5.36. The van der Waals surface area contributed by atoms with Crippen molar-refractivity contribution in [1.82, 2.24) is 4.90 Å². The van der Waals surface area contributed by atoms with E-state index in [0.29, 0.717) is 0 Å². The zero-order valence-electron chi connectivity index (χ0n) is 8.39. The van der Waals surface area contributed by atoms with Gasteiger partial charge in [-0.05, 0) is 30.4 Å². The standard InChI is InChI=1S/C12H13NO2/c14-12(15)13-10-4-2-1-3-8(10)7-9-5-6-11(9)13/h1-3,7,10-11H,4-6H2,(H,14,15). The van der Waals surface area contributed by atoms with Gasteiger partial charge in [0.15, 0.2) is 0 Å². The van der Waals surface area contributed by atoms with Crippen molar-refractivity contribution in [3.05, 3.63) is 35.5 Å². The van der Waals surface area contributed by atoms with Gasteiger partial charge >= 0.3 is 6.09 Å². The largest absolute Gasteiger partial charge is 0.465 e. The second kappa shape index (κ2) is 2.99. The Morgan fingerprint density at radius 1 is 1.47 bits per heavy atom. The van der Waals surface area contributed by atoms with Gasteiger partial charge in [0, 0.05) is 0 Å². The van der Waals surface area contributed by atoms with Gasteiger partial charge in [0.05, 0.1) is 12.1 Å². The minimum Gasteiger partial charge on any atom is -0.465 e. The molecule has 3 nitrogen and oxygen atoms in total. The van der Waals surface area contributed by atoms with E-state index in [9.17, 15) is 9.90 Å². The number of amides is 1. The summed E-state index contributed by atoms with van der Waals surface area (Å²) in [6.45, 7) is 0. The number of carbonyl (C=O) groups is 1. The summed E-state index contributed by atoms with van der Waals surface area (Å²) in [6, 6.07) is 0.220. The van der Waals surface area contributed by atoms with Crippen molar-refractivity contribution < 1.29 is 9.90 Å². The molecule has 0 aromatic carbocycles. The Hall–Kier alpha value is -1.51. The first-order chi connectivity index (χ1) is 7.27. The topological polar surface area (TPSA) is 40.5 Å². The third kappa shape index (κ3) is 1.16. The van der Waals surface area contributed by atoms with Gasteiger partial charge in [-0.2, -0.15) is 0 Å². The number of hydrogen-bond donors (Lipinski definition) is 1. The summed E-state index contributed by atoms with van der Waals surface area (Å²) in [5, 5.41) is 9.25. The number of carboxylic acid groups (broad SMARTS) is 1. The summed E-state index contributed by atoms with van der Waals surface area (Å²) in [5.41, 5.74) is 2.45. The molecule has 1 heterocycles. The second-order valence-electron chi connectivity index (χ2n) is 4.31. The summed E-state index contributed by atoms with van der Waals surface area (Å²) in [6.07, 6.45) is 10.4. The Kier molecular flexibility index (Phi) is 1.75. The van der Waals surface area contributed by atoms with E-state index in [2.05, 4.69) is 6.08 Å². The van der Waals surface area contributed by atoms with Crippen LogP contribution in [0.15, 0.2) is 35.5 Å². The molecule has 1 aliphatic heterocycles. The third-order valence-corrected chi connectivity index (χ3v) is 3.55. The smallest absolute Gasteiger partial charge is 0.408 e. The summed E-state index contributed by atoms with van der Waals surface area (Å²) < 4.78 is 0. The molecule has 0 radical (unpaired) electrons. The average molecular weight is 203 g/mol. The molecule has 0 bridgehead atoms. The maximum absolute atomic E-state index is 11.2. The van der Waals surface area contributed by atoms with E-state index in [4.69, 9.17) is 0 Å². The number of hydrogen-bond acceptors (Lipinski definition) is 1. The summed E-state index contributed by atoms with van der Waals surface area (Å²) in [7, 11) is 0. The minimum atomic E-state index is -0.781. The molecule has 0 aromatic heterocycles. The van der Waals surface area contributed by atoms with Crippen molar-refractivity contribution in [3.63, 3.8) is 0 Å². The van der Waals surface area contributed by atoms with Gasteiger partial charge < -0.3 is 5.11 Å². The van der Waals surface area contributed by atoms with Crippen molar-refractivity contribution >= 4 is 6.09 Å². The predicted octanol–water partition coefficient (Wildman–Crippen LogP) is 2.32. The molecule has 0 aromatic rings. The highest BCUT2D eigenvalue weighted by molar-refractivity contribution is 5.69. The van der Waals surface area contributed by atoms with E-state index >= 15 is 0 Å². The number of allylic oxidation sites excluding steroid dienone is 2. The zero-order chi connectivity index (χ0) is 10.4. The summed E-state index contributed by atoms with van der Waals surface area (Å²) in [5.74, 6) is 0. The van der Waals surface area contributed by atoms with Gasteiger partial charge in [-0.3, -0.25) is 4.90 Å². The molecular formula is C12H13NO2. The van der Waals surface area contributed by atoms with E-state index in [1.165, 1.54) is 5.57 Å². The Morgan fingerprint density at radius 2 is 2.33 bits per heavy atom. The maximum atomic E-state index is 11.2. The van der Waals surface area contributed by atoms with Crippen molar-refractivity contribution in [1.29, 1.82) is 0 Å². The number of nitrogens with zero attached hydrogens (tertiary/aromatic N) is 1. The Morgan fingerprint density at radius 3 is 3.00 bits per heavy atom. The van der Waals surface area contributed by atoms with E-state index < -0.39 is 6.09 Å². The molecule has 1 fully saturated rings. The van der Waals surface area contributed by atoms with E-state index in [-0.39, 0.29) is 12.1 Å². The van der Waals surface area contributed by atoms with Crippen molar-refractivity contribution in [2.45, 2.75) is 31.3 Å². The Labute approximate surface area is 88.4 Å². The fourth-order valence-electron chi connectivity index (χ4n) is 2.68. The Balaban J connectivity index is 2.03. The second-order valence-corrected chi connectivity index (χ2v) is 4.31. The fraction of sp³-hybridized carbons (Fsp3) is 0.417. The molecule has 3 heteroatoms. The van der Waals surface area contributed by atoms with Crippen molar-refractivity contribution in [2.24, 2.45) is 0 Å². The van der Waals surface area contributed by atoms with Crippen LogP contribution in [0.3, 0.4) is 0 Å². The quantitative estimate of drug-likeness (QED) is 0.656. The van der Waals surface area contributed by atoms with Crippen molar-refractivity contribution in [3.8, 4) is 0 Å². The van der Waals surface area contributed by atoms with E-state index in [0.717, 1.165) is 24.8 Å². The van der Waals surface area contributed by atoms with Crippen LogP contribution in [0.4, 0.5) is 4.79 Å². The lowest BCUT2D eigenvalue weighted by Gasteiger charge is -2.47. The van der Waals surface area contributed by atoms with Gasteiger partial charge in [-0.1, -0.05) is 24.3 Å². The Bertz CT molecular complexity index is 406. The van der Waals surface area contributed by atoms with Crippen LogP contribution < -0.4 is 0 Å². The molecule has 2 atom stereocenters. The molecule has 3 rings (SSSR count). The lowest BCUT2D eigenvalue weighted by molar-refractivity contribution is 0.0974. The van der Waals surface area contributed by atoms with Crippen LogP contribution in [-0.2, 0) is 0 Å². The fourth-order valence-corrected chi connectivity index (χ4v) is 2.68. The molecular weight excluding hydrogens is 190 g/mol. The number of fused-ring (bicyclic) bond motifs is 2. The molecule has 15 heavy (non-hydrogen) atoms.